The van der Waals surface area contributed by atoms with Crippen LogP contribution in [0.1, 0.15) is 24.1 Å². The molecule has 1 aromatic heterocycles. The molecule has 0 spiro atoms. The molecule has 7 heteroatoms. The number of carbonyl (C=O) groups excluding carboxylic acids is 1. The van der Waals surface area contributed by atoms with E-state index in [4.69, 9.17) is 16.3 Å². The van der Waals surface area contributed by atoms with E-state index in [9.17, 15) is 4.79 Å². The zero-order chi connectivity index (χ0) is 20.2. The number of halogens is 1. The zero-order valence-corrected chi connectivity index (χ0v) is 16.5. The second-order valence-electron chi connectivity index (χ2n) is 6.69. The maximum atomic E-state index is 12.3. The predicted molar refractivity (Wildman–Crippen MR) is 112 cm³/mol. The number of ether oxygens (including phenoxy) is 1. The van der Waals surface area contributed by atoms with Crippen molar-refractivity contribution in [2.45, 2.75) is 13.0 Å². The molecule has 0 radical (unpaired) electrons. The maximum absolute atomic E-state index is 12.3. The van der Waals surface area contributed by atoms with Gasteiger partial charge in [-0.3, -0.25) is 4.79 Å². The van der Waals surface area contributed by atoms with Crippen LogP contribution in [0.2, 0.25) is 5.02 Å². The number of nitrogens with zero attached hydrogens (tertiary/aromatic N) is 3. The van der Waals surface area contributed by atoms with Gasteiger partial charge < -0.3 is 10.1 Å². The number of rotatable bonds is 5. The van der Waals surface area contributed by atoms with Crippen molar-refractivity contribution in [2.75, 3.05) is 6.61 Å². The smallest absolute Gasteiger partial charge is 0.244 e. The van der Waals surface area contributed by atoms with Crippen LogP contribution in [0.25, 0.3) is 11.8 Å². The Morgan fingerprint density at radius 3 is 2.86 bits per heavy atom. The molecule has 1 aliphatic rings. The molecule has 0 saturated carbocycles. The summed E-state index contributed by atoms with van der Waals surface area (Å²) in [6.45, 7) is 2.36. The predicted octanol–water partition coefficient (Wildman–Crippen LogP) is 4.13. The van der Waals surface area contributed by atoms with Gasteiger partial charge in [0, 0.05) is 16.7 Å². The summed E-state index contributed by atoms with van der Waals surface area (Å²) in [5.74, 6) is 0.620. The third-order valence-electron chi connectivity index (χ3n) is 4.59. The zero-order valence-electron chi connectivity index (χ0n) is 15.7. The van der Waals surface area contributed by atoms with Crippen LogP contribution in [0.3, 0.4) is 0 Å². The van der Waals surface area contributed by atoms with Gasteiger partial charge in [-0.05, 0) is 54.5 Å². The molecule has 2 heterocycles. The van der Waals surface area contributed by atoms with Gasteiger partial charge in [-0.25, -0.2) is 9.67 Å². The van der Waals surface area contributed by atoms with Crippen LogP contribution in [-0.2, 0) is 4.79 Å². The molecule has 3 aromatic rings. The highest BCUT2D eigenvalue weighted by molar-refractivity contribution is 6.30. The second kappa shape index (κ2) is 8.32. The highest BCUT2D eigenvalue weighted by Crippen LogP contribution is 2.29. The largest absolute Gasteiger partial charge is 0.488 e. The van der Waals surface area contributed by atoms with E-state index in [2.05, 4.69) is 15.4 Å². The molecule has 29 heavy (non-hydrogen) atoms. The molecule has 1 unspecified atom stereocenters. The van der Waals surface area contributed by atoms with Crippen LogP contribution in [0, 0.1) is 0 Å². The van der Waals surface area contributed by atoms with Crippen molar-refractivity contribution in [3.63, 3.8) is 0 Å². The average molecular weight is 407 g/mol. The van der Waals surface area contributed by atoms with Crippen LogP contribution in [0.4, 0.5) is 0 Å². The lowest BCUT2D eigenvalue weighted by Gasteiger charge is -2.16. The van der Waals surface area contributed by atoms with Gasteiger partial charge in [-0.1, -0.05) is 29.8 Å². The normalized spacial score (nSPS) is 14.1. The topological polar surface area (TPSA) is 69.0 Å². The Kier molecular flexibility index (Phi) is 5.44. The van der Waals surface area contributed by atoms with Crippen LogP contribution < -0.4 is 10.1 Å². The Morgan fingerprint density at radius 1 is 1.28 bits per heavy atom. The van der Waals surface area contributed by atoms with Gasteiger partial charge in [0.05, 0.1) is 11.7 Å². The minimum atomic E-state index is -0.171. The van der Waals surface area contributed by atoms with Crippen LogP contribution in [-0.4, -0.2) is 27.3 Å². The fourth-order valence-corrected chi connectivity index (χ4v) is 3.23. The molecular weight excluding hydrogens is 388 g/mol. The van der Waals surface area contributed by atoms with Gasteiger partial charge in [0.1, 0.15) is 25.0 Å². The SMILES string of the molecule is CC(NC(=O)/C=C/C1=Cc2cc(Cl)ccc2OC1)c1ccc(-n2cncn2)cc1. The monoisotopic (exact) mass is 406 g/mol. The van der Waals surface area contributed by atoms with E-state index in [1.54, 1.807) is 23.2 Å². The van der Waals surface area contributed by atoms with Gasteiger partial charge in [0.2, 0.25) is 5.91 Å². The summed E-state index contributed by atoms with van der Waals surface area (Å²) in [5.41, 5.74) is 3.72. The molecule has 6 nitrogen and oxygen atoms in total. The lowest BCUT2D eigenvalue weighted by molar-refractivity contribution is -0.117. The number of hydrogen-bond donors (Lipinski definition) is 1. The van der Waals surface area contributed by atoms with Crippen molar-refractivity contribution in [3.8, 4) is 11.4 Å². The molecule has 0 bridgehead atoms. The Hall–Kier alpha value is -3.38. The first-order valence-corrected chi connectivity index (χ1v) is 9.53. The van der Waals surface area contributed by atoms with Gasteiger partial charge in [-0.2, -0.15) is 5.10 Å². The van der Waals surface area contributed by atoms with Gasteiger partial charge in [-0.15, -0.1) is 0 Å². The number of fused-ring (bicyclic) bond motifs is 1. The van der Waals surface area contributed by atoms with Gasteiger partial charge in [0.25, 0.3) is 0 Å². The molecule has 0 aliphatic carbocycles. The molecule has 146 valence electrons. The van der Waals surface area contributed by atoms with Crippen molar-refractivity contribution in [3.05, 3.63) is 89.0 Å². The molecule has 1 aliphatic heterocycles. The van der Waals surface area contributed by atoms with E-state index < -0.39 is 0 Å². The van der Waals surface area contributed by atoms with Gasteiger partial charge in [0.15, 0.2) is 0 Å². The standard InChI is InChI=1S/C22H19ClN4O2/c1-15(17-3-6-20(7-4-17)27-14-24-13-25-27)26-22(28)9-2-16-10-18-11-19(23)5-8-21(18)29-12-16/h2-11,13-15H,12H2,1H3,(H,26,28)/b9-2+. The first-order valence-electron chi connectivity index (χ1n) is 9.15. The van der Waals surface area contributed by atoms with Gasteiger partial charge >= 0.3 is 0 Å². The number of carbonyl (C=O) groups is 1. The van der Waals surface area contributed by atoms with E-state index in [0.717, 1.165) is 28.1 Å². The summed E-state index contributed by atoms with van der Waals surface area (Å²) >= 11 is 6.03. The summed E-state index contributed by atoms with van der Waals surface area (Å²) in [6.07, 6.45) is 8.38. The molecule has 1 amide bonds. The highest BCUT2D eigenvalue weighted by atomic mass is 35.5. The van der Waals surface area contributed by atoms with Crippen molar-refractivity contribution in [1.82, 2.24) is 20.1 Å². The van der Waals surface area contributed by atoms with E-state index in [-0.39, 0.29) is 11.9 Å². The number of amides is 1. The first-order chi connectivity index (χ1) is 14.1. The highest BCUT2D eigenvalue weighted by Gasteiger charge is 2.11. The van der Waals surface area contributed by atoms with Crippen molar-refractivity contribution in [1.29, 1.82) is 0 Å². The van der Waals surface area contributed by atoms with Crippen molar-refractivity contribution in [2.24, 2.45) is 0 Å². The number of hydrogen-bond acceptors (Lipinski definition) is 4. The van der Waals surface area contributed by atoms with E-state index in [0.29, 0.717) is 11.6 Å². The van der Waals surface area contributed by atoms with Crippen LogP contribution in [0.5, 0.6) is 5.75 Å². The summed E-state index contributed by atoms with van der Waals surface area (Å²) in [5, 5.41) is 7.72. The Labute approximate surface area is 173 Å². The molecule has 2 aromatic carbocycles. The number of benzene rings is 2. The lowest BCUT2D eigenvalue weighted by Crippen LogP contribution is -2.24. The molecular formula is C22H19ClN4O2. The molecule has 1 atom stereocenters. The van der Waals surface area contributed by atoms with Crippen molar-refractivity contribution < 1.29 is 9.53 Å². The van der Waals surface area contributed by atoms with Crippen molar-refractivity contribution >= 4 is 23.6 Å². The average Bonchev–Trinajstić information content (AvgIpc) is 3.27. The third kappa shape index (κ3) is 4.55. The Balaban J connectivity index is 1.38. The van der Waals surface area contributed by atoms with Crippen LogP contribution in [0.15, 0.2) is 72.8 Å². The molecule has 1 N–H and O–H groups in total. The minimum absolute atomic E-state index is 0.131. The fourth-order valence-electron chi connectivity index (χ4n) is 3.05. The summed E-state index contributed by atoms with van der Waals surface area (Å²) in [4.78, 5) is 16.3. The second-order valence-corrected chi connectivity index (χ2v) is 7.12. The molecule has 4 rings (SSSR count). The van der Waals surface area contributed by atoms with E-state index in [1.807, 2.05) is 49.4 Å². The quantitative estimate of drug-likeness (QED) is 0.647. The maximum Gasteiger partial charge on any atom is 0.244 e. The Bertz CT molecular complexity index is 1070. The third-order valence-corrected chi connectivity index (χ3v) is 4.83. The number of nitrogens with one attached hydrogen (secondary N) is 1. The lowest BCUT2D eigenvalue weighted by atomic mass is 10.1. The summed E-state index contributed by atoms with van der Waals surface area (Å²) < 4.78 is 7.38. The minimum Gasteiger partial charge on any atom is -0.488 e. The van der Waals surface area contributed by atoms with E-state index in [1.165, 1.54) is 12.4 Å². The summed E-state index contributed by atoms with van der Waals surface area (Å²) in [7, 11) is 0. The summed E-state index contributed by atoms with van der Waals surface area (Å²) in [6, 6.07) is 13.2. The molecule has 0 saturated heterocycles. The molecule has 0 fully saturated rings. The van der Waals surface area contributed by atoms with Crippen LogP contribution >= 0.6 is 11.6 Å². The Morgan fingerprint density at radius 2 is 2.10 bits per heavy atom. The van der Waals surface area contributed by atoms with E-state index >= 15 is 0 Å². The number of aromatic nitrogens is 3. The first kappa shape index (κ1) is 19.0. The fraction of sp³-hybridized carbons (Fsp3) is 0.136.